The predicted octanol–water partition coefficient (Wildman–Crippen LogP) is 9.54. The van der Waals surface area contributed by atoms with Crippen molar-refractivity contribution in [2.24, 2.45) is 0 Å². The maximum absolute atomic E-state index is 12.4. The van der Waals surface area contributed by atoms with Gasteiger partial charge in [-0.05, 0) is 57.6 Å². The fourth-order valence-corrected chi connectivity index (χ4v) is 5.84. The number of unbranched alkanes of at least 4 members (excludes halogenated alkanes) is 13. The van der Waals surface area contributed by atoms with Crippen LogP contribution in [0.5, 0.6) is 11.5 Å². The van der Waals surface area contributed by atoms with Crippen molar-refractivity contribution in [3.8, 4) is 11.5 Å². The molecular weight excluding hydrogens is 472 g/mol. The third-order valence-electron chi connectivity index (χ3n) is 8.36. The molecule has 0 radical (unpaired) electrons. The van der Waals surface area contributed by atoms with Crippen LogP contribution in [0.15, 0.2) is 12.7 Å². The Morgan fingerprint density at radius 1 is 0.921 bits per heavy atom. The second kappa shape index (κ2) is 17.6. The highest BCUT2D eigenvalue weighted by molar-refractivity contribution is 5.76. The number of hydrogen-bond donors (Lipinski definition) is 0. The summed E-state index contributed by atoms with van der Waals surface area (Å²) in [6, 6.07) is 0. The molecule has 0 saturated heterocycles. The van der Waals surface area contributed by atoms with E-state index in [0.29, 0.717) is 0 Å². The molecule has 0 fully saturated rings. The van der Waals surface area contributed by atoms with Crippen LogP contribution in [0.2, 0.25) is 0 Å². The molecule has 1 heterocycles. The van der Waals surface area contributed by atoms with Gasteiger partial charge in [0.2, 0.25) is 0 Å². The monoisotopic (exact) mass is 528 g/mol. The normalized spacial score (nSPS) is 16.6. The topological polar surface area (TPSA) is 44.8 Å². The minimum absolute atomic E-state index is 0.156. The third-order valence-corrected chi connectivity index (χ3v) is 8.36. The fraction of sp³-hybridized carbons (Fsp3) is 0.735. The first-order valence-corrected chi connectivity index (χ1v) is 15.5. The number of carbonyl (C=O) groups is 1. The van der Waals surface area contributed by atoms with Crippen molar-refractivity contribution in [1.82, 2.24) is 0 Å². The van der Waals surface area contributed by atoms with Gasteiger partial charge in [-0.25, -0.2) is 0 Å². The van der Waals surface area contributed by atoms with E-state index in [1.54, 1.807) is 13.2 Å². The van der Waals surface area contributed by atoms with E-state index in [2.05, 4.69) is 34.3 Å². The number of fused-ring (bicyclic) bond motifs is 1. The minimum atomic E-state index is -0.260. The van der Waals surface area contributed by atoms with E-state index in [4.69, 9.17) is 14.2 Å². The second-order valence-electron chi connectivity index (χ2n) is 11.6. The van der Waals surface area contributed by atoms with Crippen LogP contribution in [0.1, 0.15) is 139 Å². The summed E-state index contributed by atoms with van der Waals surface area (Å²) in [5.74, 6) is 1.48. The number of carbonyl (C=O) groups excluding carboxylic acids is 1. The molecule has 216 valence electrons. The number of benzene rings is 1. The quantitative estimate of drug-likeness (QED) is 0.0960. The summed E-state index contributed by atoms with van der Waals surface area (Å²) in [5.41, 5.74) is 4.03. The number of rotatable bonds is 20. The van der Waals surface area contributed by atoms with Crippen LogP contribution in [-0.4, -0.2) is 25.3 Å². The lowest BCUT2D eigenvalue weighted by molar-refractivity contribution is -0.141. The summed E-state index contributed by atoms with van der Waals surface area (Å²) in [6.45, 7) is 12.6. The number of methoxy groups -OCH3 is 1. The largest absolute Gasteiger partial charge is 0.496 e. The van der Waals surface area contributed by atoms with Crippen LogP contribution in [0, 0.1) is 13.8 Å². The number of ether oxygens (including phenoxy) is 3. The fourth-order valence-electron chi connectivity index (χ4n) is 5.84. The molecule has 1 aromatic carbocycles. The van der Waals surface area contributed by atoms with Crippen molar-refractivity contribution >= 4 is 5.97 Å². The van der Waals surface area contributed by atoms with E-state index in [-0.39, 0.29) is 24.6 Å². The summed E-state index contributed by atoms with van der Waals surface area (Å²) in [5, 5.41) is 0. The molecule has 0 amide bonds. The Balaban J connectivity index is 1.78. The van der Waals surface area contributed by atoms with E-state index in [0.717, 1.165) is 53.0 Å². The van der Waals surface area contributed by atoms with Crippen molar-refractivity contribution in [2.75, 3.05) is 13.7 Å². The molecule has 4 nitrogen and oxygen atoms in total. The Labute approximate surface area is 233 Å². The van der Waals surface area contributed by atoms with Gasteiger partial charge in [0, 0.05) is 11.1 Å². The summed E-state index contributed by atoms with van der Waals surface area (Å²) >= 11 is 0. The standard InChI is InChI=1S/C34H56O4/c1-7-9-10-11-12-13-14-15-16-17-18-19-20-21-23-34(5)24-22-29-30(26-31(35)37-25-8-2)32(36-6)27(3)28(4)33(29)38-34/h8H,2,7,9-26H2,1,3-6H3. The molecule has 0 bridgehead atoms. The third kappa shape index (κ3) is 10.3. The summed E-state index contributed by atoms with van der Waals surface area (Å²) < 4.78 is 17.8. The Morgan fingerprint density at radius 3 is 2.00 bits per heavy atom. The number of esters is 1. The van der Waals surface area contributed by atoms with Gasteiger partial charge < -0.3 is 14.2 Å². The lowest BCUT2D eigenvalue weighted by Gasteiger charge is -2.38. The second-order valence-corrected chi connectivity index (χ2v) is 11.6. The molecule has 2 rings (SSSR count). The zero-order valence-electron chi connectivity index (χ0n) is 25.4. The molecule has 0 N–H and O–H groups in total. The van der Waals surface area contributed by atoms with Crippen LogP contribution < -0.4 is 9.47 Å². The van der Waals surface area contributed by atoms with Gasteiger partial charge in [0.15, 0.2) is 0 Å². The van der Waals surface area contributed by atoms with E-state index >= 15 is 0 Å². The van der Waals surface area contributed by atoms with Gasteiger partial charge in [-0.1, -0.05) is 103 Å². The van der Waals surface area contributed by atoms with Crippen molar-refractivity contribution < 1.29 is 19.0 Å². The molecule has 1 aliphatic rings. The predicted molar refractivity (Wildman–Crippen MR) is 160 cm³/mol. The van der Waals surface area contributed by atoms with Crippen LogP contribution in [0.4, 0.5) is 0 Å². The van der Waals surface area contributed by atoms with Gasteiger partial charge >= 0.3 is 5.97 Å². The van der Waals surface area contributed by atoms with E-state index in [1.807, 2.05) is 0 Å². The molecular formula is C34H56O4. The molecule has 1 aromatic rings. The summed E-state index contributed by atoms with van der Waals surface area (Å²) in [6.07, 6.45) is 24.0. The molecule has 0 saturated carbocycles. The van der Waals surface area contributed by atoms with E-state index in [9.17, 15) is 4.79 Å². The highest BCUT2D eigenvalue weighted by Crippen LogP contribution is 2.45. The first-order valence-electron chi connectivity index (χ1n) is 15.5. The summed E-state index contributed by atoms with van der Waals surface area (Å²) in [7, 11) is 1.68. The van der Waals surface area contributed by atoms with Crippen molar-refractivity contribution in [3.05, 3.63) is 34.9 Å². The molecule has 0 aliphatic carbocycles. The first-order chi connectivity index (χ1) is 18.4. The zero-order chi connectivity index (χ0) is 27.8. The van der Waals surface area contributed by atoms with Gasteiger partial charge in [-0.2, -0.15) is 0 Å². The summed E-state index contributed by atoms with van der Waals surface area (Å²) in [4.78, 5) is 12.4. The Bertz CT molecular complexity index is 859. The van der Waals surface area contributed by atoms with Crippen LogP contribution >= 0.6 is 0 Å². The van der Waals surface area contributed by atoms with Crippen LogP contribution in [0.25, 0.3) is 0 Å². The molecule has 4 heteroatoms. The molecule has 0 spiro atoms. The first kappa shape index (κ1) is 32.2. The van der Waals surface area contributed by atoms with Gasteiger partial charge in [-0.15, -0.1) is 0 Å². The highest BCUT2D eigenvalue weighted by Gasteiger charge is 2.35. The smallest absolute Gasteiger partial charge is 0.310 e. The van der Waals surface area contributed by atoms with Crippen molar-refractivity contribution in [3.63, 3.8) is 0 Å². The maximum atomic E-state index is 12.4. The van der Waals surface area contributed by atoms with Crippen LogP contribution in [-0.2, 0) is 22.4 Å². The van der Waals surface area contributed by atoms with Crippen molar-refractivity contribution in [1.29, 1.82) is 0 Å². The molecule has 1 aliphatic heterocycles. The van der Waals surface area contributed by atoms with Crippen LogP contribution in [0.3, 0.4) is 0 Å². The van der Waals surface area contributed by atoms with E-state index in [1.165, 1.54) is 89.9 Å². The van der Waals surface area contributed by atoms with Gasteiger partial charge in [0.1, 0.15) is 23.7 Å². The molecule has 1 unspecified atom stereocenters. The van der Waals surface area contributed by atoms with Gasteiger partial charge in [-0.3, -0.25) is 4.79 Å². The number of hydrogen-bond acceptors (Lipinski definition) is 4. The molecule has 38 heavy (non-hydrogen) atoms. The highest BCUT2D eigenvalue weighted by atomic mass is 16.5. The Hall–Kier alpha value is -1.97. The molecule has 0 aromatic heterocycles. The lowest BCUT2D eigenvalue weighted by Crippen LogP contribution is -2.37. The average molecular weight is 529 g/mol. The Kier molecular flexibility index (Phi) is 14.9. The molecule has 1 atom stereocenters. The van der Waals surface area contributed by atoms with Crippen molar-refractivity contribution in [2.45, 2.75) is 149 Å². The lowest BCUT2D eigenvalue weighted by atomic mass is 9.83. The Morgan fingerprint density at radius 2 is 1.47 bits per heavy atom. The zero-order valence-corrected chi connectivity index (χ0v) is 25.4. The minimum Gasteiger partial charge on any atom is -0.496 e. The average Bonchev–Trinajstić information content (AvgIpc) is 2.90. The van der Waals surface area contributed by atoms with Gasteiger partial charge in [0.25, 0.3) is 0 Å². The van der Waals surface area contributed by atoms with Gasteiger partial charge in [0.05, 0.1) is 13.5 Å². The SMILES string of the molecule is C=CCOC(=O)Cc1c2c(c(C)c(C)c1OC)OC(C)(CCCCCCCCCCCCCCCC)CC2. The maximum Gasteiger partial charge on any atom is 0.310 e. The van der Waals surface area contributed by atoms with E-state index < -0.39 is 0 Å².